The summed E-state index contributed by atoms with van der Waals surface area (Å²) in [5, 5.41) is 3.20. The summed E-state index contributed by atoms with van der Waals surface area (Å²) >= 11 is 4.91. The topological polar surface area (TPSA) is 32.3 Å². The van der Waals surface area contributed by atoms with Crippen LogP contribution < -0.4 is 5.32 Å². The second-order valence-corrected chi connectivity index (χ2v) is 6.88. The van der Waals surface area contributed by atoms with E-state index < -0.39 is 0 Å². The fourth-order valence-electron chi connectivity index (χ4n) is 2.29. The largest absolute Gasteiger partial charge is 0.338 e. The Hall–Kier alpha value is -0.390. The third-order valence-electron chi connectivity index (χ3n) is 3.08. The Kier molecular flexibility index (Phi) is 4.59. The molecule has 5 heteroatoms. The van der Waals surface area contributed by atoms with E-state index >= 15 is 0 Å². The molecule has 0 unspecified atom stereocenters. The molecule has 3 nitrogen and oxygen atoms in total. The first-order valence-electron chi connectivity index (χ1n) is 5.90. The maximum absolute atomic E-state index is 12.3. The normalized spacial score (nSPS) is 20.6. The van der Waals surface area contributed by atoms with Gasteiger partial charge in [-0.2, -0.15) is 0 Å². The van der Waals surface area contributed by atoms with Crippen LogP contribution in [-0.2, 0) is 0 Å². The quantitative estimate of drug-likeness (QED) is 0.929. The van der Waals surface area contributed by atoms with Gasteiger partial charge in [-0.3, -0.25) is 4.79 Å². The van der Waals surface area contributed by atoms with Gasteiger partial charge in [-0.1, -0.05) is 0 Å². The standard InChI is InChI=1S/C12H17BrN2OS/c1-14-7-9-3-2-6-15(8-9)12(16)10-4-5-11(13)17-10/h4-5,9,14H,2-3,6-8H2,1H3/t9-/m1/s1. The number of hydrogen-bond acceptors (Lipinski definition) is 3. The highest BCUT2D eigenvalue weighted by molar-refractivity contribution is 9.11. The van der Waals surface area contributed by atoms with E-state index in [2.05, 4.69) is 21.2 Å². The van der Waals surface area contributed by atoms with Crippen molar-refractivity contribution in [2.45, 2.75) is 12.8 Å². The van der Waals surface area contributed by atoms with Gasteiger partial charge in [0.05, 0.1) is 8.66 Å². The summed E-state index contributed by atoms with van der Waals surface area (Å²) in [6.45, 7) is 2.78. The highest BCUT2D eigenvalue weighted by atomic mass is 79.9. The minimum absolute atomic E-state index is 0.182. The van der Waals surface area contributed by atoms with Crippen molar-refractivity contribution in [3.8, 4) is 0 Å². The van der Waals surface area contributed by atoms with Gasteiger partial charge >= 0.3 is 0 Å². The summed E-state index contributed by atoms with van der Waals surface area (Å²) in [7, 11) is 1.97. The zero-order chi connectivity index (χ0) is 12.3. The van der Waals surface area contributed by atoms with E-state index in [9.17, 15) is 4.79 Å². The van der Waals surface area contributed by atoms with Gasteiger partial charge in [0.2, 0.25) is 0 Å². The van der Waals surface area contributed by atoms with Crippen molar-refractivity contribution in [1.82, 2.24) is 10.2 Å². The highest BCUT2D eigenvalue weighted by Crippen LogP contribution is 2.25. The van der Waals surface area contributed by atoms with E-state index in [1.807, 2.05) is 24.1 Å². The zero-order valence-electron chi connectivity index (χ0n) is 9.91. The summed E-state index contributed by atoms with van der Waals surface area (Å²) in [6.07, 6.45) is 2.34. The third kappa shape index (κ3) is 3.30. The number of thiophene rings is 1. The number of nitrogens with zero attached hydrogens (tertiary/aromatic N) is 1. The molecular formula is C12H17BrN2OS. The van der Waals surface area contributed by atoms with Gasteiger partial charge in [0, 0.05) is 13.1 Å². The lowest BCUT2D eigenvalue weighted by Gasteiger charge is -2.32. The Bertz CT molecular complexity index is 392. The number of halogens is 1. The monoisotopic (exact) mass is 316 g/mol. The van der Waals surface area contributed by atoms with Gasteiger partial charge in [0.15, 0.2) is 0 Å². The highest BCUT2D eigenvalue weighted by Gasteiger charge is 2.24. The first-order chi connectivity index (χ1) is 8.20. The molecule has 0 spiro atoms. The van der Waals surface area contributed by atoms with Crippen molar-refractivity contribution in [3.05, 3.63) is 20.8 Å². The van der Waals surface area contributed by atoms with E-state index in [1.165, 1.54) is 17.8 Å². The molecule has 1 saturated heterocycles. The maximum atomic E-state index is 12.3. The Labute approximate surface area is 114 Å². The smallest absolute Gasteiger partial charge is 0.263 e. The minimum atomic E-state index is 0.182. The SMILES string of the molecule is CNC[C@H]1CCCN(C(=O)c2ccc(Br)s2)C1. The van der Waals surface area contributed by atoms with E-state index in [1.54, 1.807) is 0 Å². The van der Waals surface area contributed by atoms with Crippen molar-refractivity contribution in [2.75, 3.05) is 26.7 Å². The fraction of sp³-hybridized carbons (Fsp3) is 0.583. The number of hydrogen-bond donors (Lipinski definition) is 1. The van der Waals surface area contributed by atoms with Crippen LogP contribution in [0.3, 0.4) is 0 Å². The van der Waals surface area contributed by atoms with Crippen molar-refractivity contribution in [3.63, 3.8) is 0 Å². The van der Waals surface area contributed by atoms with E-state index in [4.69, 9.17) is 0 Å². The molecule has 1 aromatic rings. The number of nitrogens with one attached hydrogen (secondary N) is 1. The average Bonchev–Trinajstić information content (AvgIpc) is 2.76. The second kappa shape index (κ2) is 5.98. The zero-order valence-corrected chi connectivity index (χ0v) is 12.3. The summed E-state index contributed by atoms with van der Waals surface area (Å²) in [5.74, 6) is 0.780. The minimum Gasteiger partial charge on any atom is -0.338 e. The van der Waals surface area contributed by atoms with Crippen molar-refractivity contribution in [1.29, 1.82) is 0 Å². The number of carbonyl (C=O) groups excluding carboxylic acids is 1. The Balaban J connectivity index is 1.99. The molecule has 1 atom stereocenters. The molecule has 1 amide bonds. The van der Waals surface area contributed by atoms with Crippen LogP contribution in [0.2, 0.25) is 0 Å². The Morgan fingerprint density at radius 2 is 2.47 bits per heavy atom. The van der Waals surface area contributed by atoms with Gasteiger partial charge in [-0.25, -0.2) is 0 Å². The van der Waals surface area contributed by atoms with Crippen molar-refractivity contribution in [2.24, 2.45) is 5.92 Å². The van der Waals surface area contributed by atoms with Crippen LogP contribution >= 0.6 is 27.3 Å². The van der Waals surface area contributed by atoms with Gasteiger partial charge < -0.3 is 10.2 Å². The lowest BCUT2D eigenvalue weighted by molar-refractivity contribution is 0.0679. The Morgan fingerprint density at radius 1 is 1.65 bits per heavy atom. The number of carbonyl (C=O) groups is 1. The third-order valence-corrected chi connectivity index (χ3v) is 4.69. The Morgan fingerprint density at radius 3 is 3.12 bits per heavy atom. The summed E-state index contributed by atoms with van der Waals surface area (Å²) in [4.78, 5) is 15.1. The summed E-state index contributed by atoms with van der Waals surface area (Å²) in [6, 6.07) is 3.84. The van der Waals surface area contributed by atoms with Gasteiger partial charge in [0.1, 0.15) is 0 Å². The predicted molar refractivity (Wildman–Crippen MR) is 74.6 cm³/mol. The van der Waals surface area contributed by atoms with Crippen LogP contribution in [-0.4, -0.2) is 37.5 Å². The molecule has 1 aliphatic heterocycles. The van der Waals surface area contributed by atoms with Crippen LogP contribution in [0.1, 0.15) is 22.5 Å². The molecule has 17 heavy (non-hydrogen) atoms. The van der Waals surface area contributed by atoms with E-state index in [-0.39, 0.29) is 5.91 Å². The van der Waals surface area contributed by atoms with Crippen LogP contribution in [0.5, 0.6) is 0 Å². The molecule has 0 radical (unpaired) electrons. The molecule has 1 N–H and O–H groups in total. The van der Waals surface area contributed by atoms with Gasteiger partial charge in [-0.05, 0) is 60.4 Å². The molecule has 0 aliphatic carbocycles. The molecule has 1 aromatic heterocycles. The predicted octanol–water partition coefficient (Wildman–Crippen LogP) is 2.58. The van der Waals surface area contributed by atoms with Crippen LogP contribution in [0.25, 0.3) is 0 Å². The fourth-order valence-corrected chi connectivity index (χ4v) is 3.64. The van der Waals surface area contributed by atoms with Crippen molar-refractivity contribution < 1.29 is 4.79 Å². The molecule has 0 aromatic carbocycles. The molecular weight excluding hydrogens is 300 g/mol. The van der Waals surface area contributed by atoms with E-state index in [0.717, 1.165) is 34.7 Å². The lowest BCUT2D eigenvalue weighted by Crippen LogP contribution is -2.42. The maximum Gasteiger partial charge on any atom is 0.263 e. The average molecular weight is 317 g/mol. The summed E-state index contributed by atoms with van der Waals surface area (Å²) < 4.78 is 1.02. The lowest BCUT2D eigenvalue weighted by atomic mass is 9.98. The first kappa shape index (κ1) is 13.1. The molecule has 1 aliphatic rings. The molecule has 0 saturated carbocycles. The summed E-state index contributed by atoms with van der Waals surface area (Å²) in [5.41, 5.74) is 0. The van der Waals surface area contributed by atoms with Gasteiger partial charge in [-0.15, -0.1) is 11.3 Å². The molecule has 94 valence electrons. The number of rotatable bonds is 3. The van der Waals surface area contributed by atoms with Crippen LogP contribution in [0, 0.1) is 5.92 Å². The molecule has 2 heterocycles. The van der Waals surface area contributed by atoms with Gasteiger partial charge in [0.25, 0.3) is 5.91 Å². The molecule has 1 fully saturated rings. The number of piperidine rings is 1. The number of amides is 1. The second-order valence-electron chi connectivity index (χ2n) is 4.42. The molecule has 0 bridgehead atoms. The number of likely N-dealkylation sites (tertiary alicyclic amines) is 1. The van der Waals surface area contributed by atoms with Crippen LogP contribution in [0.15, 0.2) is 15.9 Å². The first-order valence-corrected chi connectivity index (χ1v) is 7.51. The van der Waals surface area contributed by atoms with Crippen LogP contribution in [0.4, 0.5) is 0 Å². The molecule has 2 rings (SSSR count). The van der Waals surface area contributed by atoms with E-state index in [0.29, 0.717) is 5.92 Å². The van der Waals surface area contributed by atoms with Crippen molar-refractivity contribution >= 4 is 33.2 Å².